The number of pyridine rings is 1. The lowest BCUT2D eigenvalue weighted by Gasteiger charge is -2.26. The van der Waals surface area contributed by atoms with Gasteiger partial charge in [0.25, 0.3) is 6.02 Å². The third kappa shape index (κ3) is 5.41. The van der Waals surface area contributed by atoms with Gasteiger partial charge in [0.05, 0.1) is 30.3 Å². The fourth-order valence-corrected chi connectivity index (χ4v) is 4.07. The summed E-state index contributed by atoms with van der Waals surface area (Å²) in [5.74, 6) is -3.25. The van der Waals surface area contributed by atoms with Crippen molar-refractivity contribution in [3.05, 3.63) is 54.0 Å². The first kappa shape index (κ1) is 27.9. The maximum atomic E-state index is 15.1. The molecule has 1 aromatic carbocycles. The number of anilines is 1. The summed E-state index contributed by atoms with van der Waals surface area (Å²) < 4.78 is 96.3. The monoisotopic (exact) mass is 581 g/mol. The highest BCUT2D eigenvalue weighted by molar-refractivity contribution is 5.97. The second-order valence-electron chi connectivity index (χ2n) is 9.21. The van der Waals surface area contributed by atoms with Crippen molar-refractivity contribution in [1.82, 2.24) is 19.7 Å². The molecule has 1 aliphatic rings. The number of rotatable bonds is 7. The fourth-order valence-electron chi connectivity index (χ4n) is 4.07. The Kier molecular flexibility index (Phi) is 7.10. The van der Waals surface area contributed by atoms with E-state index in [1.807, 2.05) is 0 Å². The standard InChI is InChI=1S/C25H21F6N7O3/c1-12(7-32)38-17(6-19(37-38)25(29,30)31)14-8-34-22-20(14)18(2-3-33-22)41-21-15(26)4-13(5-16(21)27)36-23-35-9-24(28,10-39)11-40-23/h2-8,12,32,39H,9-11H2,1H3,(H,33,34)(H,35,36). The number of aliphatic imine (C=N–C) groups is 1. The van der Waals surface area contributed by atoms with E-state index in [4.69, 9.17) is 20.0 Å². The van der Waals surface area contributed by atoms with Crippen LogP contribution in [0.3, 0.4) is 0 Å². The Morgan fingerprint density at radius 3 is 2.63 bits per heavy atom. The second kappa shape index (κ2) is 10.4. The van der Waals surface area contributed by atoms with Crippen LogP contribution in [-0.2, 0) is 10.9 Å². The highest BCUT2D eigenvalue weighted by Gasteiger charge is 2.36. The smallest absolute Gasteiger partial charge is 0.435 e. The van der Waals surface area contributed by atoms with Crippen LogP contribution in [0.4, 0.5) is 32.0 Å². The van der Waals surface area contributed by atoms with E-state index >= 15 is 8.78 Å². The molecule has 2 unspecified atom stereocenters. The summed E-state index contributed by atoms with van der Waals surface area (Å²) in [6.45, 7) is -0.270. The van der Waals surface area contributed by atoms with Gasteiger partial charge in [0.1, 0.15) is 18.0 Å². The molecule has 41 heavy (non-hydrogen) atoms. The van der Waals surface area contributed by atoms with Gasteiger partial charge in [-0.1, -0.05) is 0 Å². The lowest BCUT2D eigenvalue weighted by molar-refractivity contribution is -0.141. The first-order valence-corrected chi connectivity index (χ1v) is 12.0. The number of hydrogen-bond acceptors (Lipinski definition) is 8. The van der Waals surface area contributed by atoms with Crippen LogP contribution in [-0.4, -0.2) is 62.5 Å². The van der Waals surface area contributed by atoms with Gasteiger partial charge in [-0.3, -0.25) is 4.68 Å². The molecule has 2 atom stereocenters. The molecule has 0 spiro atoms. The van der Waals surface area contributed by atoms with Crippen molar-refractivity contribution < 1.29 is 40.9 Å². The highest BCUT2D eigenvalue weighted by atomic mass is 19.4. The Morgan fingerprint density at radius 1 is 1.29 bits per heavy atom. The number of aliphatic hydroxyl groups excluding tert-OH is 1. The number of benzene rings is 1. The molecule has 10 nitrogen and oxygen atoms in total. The van der Waals surface area contributed by atoms with Gasteiger partial charge < -0.3 is 30.3 Å². The molecule has 0 saturated heterocycles. The molecule has 3 aromatic heterocycles. The number of alkyl halides is 4. The van der Waals surface area contributed by atoms with E-state index in [1.54, 1.807) is 0 Å². The molecular weight excluding hydrogens is 560 g/mol. The zero-order chi connectivity index (χ0) is 29.5. The van der Waals surface area contributed by atoms with E-state index in [2.05, 4.69) is 25.4 Å². The van der Waals surface area contributed by atoms with Gasteiger partial charge in [-0.2, -0.15) is 18.3 Å². The summed E-state index contributed by atoms with van der Waals surface area (Å²) in [5, 5.41) is 22.8. The van der Waals surface area contributed by atoms with Crippen LogP contribution in [0.2, 0.25) is 0 Å². The maximum absolute atomic E-state index is 15.1. The molecule has 0 fully saturated rings. The van der Waals surface area contributed by atoms with E-state index in [1.165, 1.54) is 25.4 Å². The van der Waals surface area contributed by atoms with Crippen LogP contribution in [0.25, 0.3) is 22.3 Å². The predicted molar refractivity (Wildman–Crippen MR) is 135 cm³/mol. The van der Waals surface area contributed by atoms with Crippen molar-refractivity contribution in [3.63, 3.8) is 0 Å². The summed E-state index contributed by atoms with van der Waals surface area (Å²) in [4.78, 5) is 10.7. The second-order valence-corrected chi connectivity index (χ2v) is 9.21. The number of aliphatic hydroxyl groups is 1. The van der Waals surface area contributed by atoms with Gasteiger partial charge in [0.2, 0.25) is 0 Å². The molecule has 0 aliphatic carbocycles. The summed E-state index contributed by atoms with van der Waals surface area (Å²) in [7, 11) is 0. The molecule has 16 heteroatoms. The minimum absolute atomic E-state index is 0.0373. The maximum Gasteiger partial charge on any atom is 0.435 e. The van der Waals surface area contributed by atoms with Gasteiger partial charge in [0, 0.05) is 42.0 Å². The Bertz CT molecular complexity index is 1630. The Hall–Kier alpha value is -4.60. The first-order valence-electron chi connectivity index (χ1n) is 12.0. The minimum Gasteiger partial charge on any atom is -0.461 e. The van der Waals surface area contributed by atoms with Crippen molar-refractivity contribution >= 4 is 29.0 Å². The van der Waals surface area contributed by atoms with Crippen LogP contribution in [0, 0.1) is 17.0 Å². The fraction of sp³-hybridized carbons (Fsp3) is 0.280. The zero-order valence-electron chi connectivity index (χ0n) is 21.1. The number of aromatic amines is 1. The van der Waals surface area contributed by atoms with Crippen molar-refractivity contribution in [2.45, 2.75) is 24.8 Å². The van der Waals surface area contributed by atoms with Crippen LogP contribution >= 0.6 is 0 Å². The average Bonchev–Trinajstić information content (AvgIpc) is 3.57. The van der Waals surface area contributed by atoms with Crippen LogP contribution in [0.15, 0.2) is 41.7 Å². The number of H-pyrrole nitrogens is 1. The van der Waals surface area contributed by atoms with E-state index in [0.29, 0.717) is 0 Å². The average molecular weight is 581 g/mol. The Morgan fingerprint density at radius 2 is 2.02 bits per heavy atom. The molecule has 0 radical (unpaired) electrons. The molecule has 0 amide bonds. The minimum atomic E-state index is -4.77. The van der Waals surface area contributed by atoms with E-state index in [-0.39, 0.29) is 39.7 Å². The number of nitrogens with one attached hydrogen (secondary N) is 3. The largest absolute Gasteiger partial charge is 0.461 e. The molecule has 4 heterocycles. The number of nitrogens with zero attached hydrogens (tertiary/aromatic N) is 4. The molecular formula is C25H21F6N7O3. The van der Waals surface area contributed by atoms with E-state index < -0.39 is 60.7 Å². The summed E-state index contributed by atoms with van der Waals surface area (Å²) in [5.41, 5.74) is -3.13. The number of hydrogen-bond donors (Lipinski definition) is 4. The Labute approximate surface area is 227 Å². The quantitative estimate of drug-likeness (QED) is 0.175. The van der Waals surface area contributed by atoms with Crippen LogP contribution < -0.4 is 10.1 Å². The van der Waals surface area contributed by atoms with E-state index in [0.717, 1.165) is 29.1 Å². The molecule has 4 aromatic rings. The summed E-state index contributed by atoms with van der Waals surface area (Å²) in [6.07, 6.45) is -1.23. The van der Waals surface area contributed by atoms with Crippen molar-refractivity contribution in [2.75, 3.05) is 25.1 Å². The number of halogens is 6. The molecule has 0 saturated carbocycles. The van der Waals surface area contributed by atoms with Crippen LogP contribution in [0.5, 0.6) is 11.5 Å². The van der Waals surface area contributed by atoms with Gasteiger partial charge >= 0.3 is 6.18 Å². The zero-order valence-corrected chi connectivity index (χ0v) is 21.1. The van der Waals surface area contributed by atoms with Gasteiger partial charge in [-0.25, -0.2) is 23.1 Å². The van der Waals surface area contributed by atoms with Crippen molar-refractivity contribution in [2.24, 2.45) is 4.99 Å². The lowest BCUT2D eigenvalue weighted by atomic mass is 10.1. The van der Waals surface area contributed by atoms with Gasteiger partial charge in [0.15, 0.2) is 28.7 Å². The Balaban J connectivity index is 1.50. The van der Waals surface area contributed by atoms with Crippen molar-refractivity contribution in [1.29, 1.82) is 5.41 Å². The van der Waals surface area contributed by atoms with Gasteiger partial charge in [-0.05, 0) is 19.1 Å². The van der Waals surface area contributed by atoms with Crippen molar-refractivity contribution in [3.8, 4) is 22.8 Å². The number of ether oxygens (including phenoxy) is 2. The molecule has 5 rings (SSSR count). The molecule has 216 valence electrons. The third-order valence-electron chi connectivity index (χ3n) is 6.18. The molecule has 0 bridgehead atoms. The first-order chi connectivity index (χ1) is 19.4. The summed E-state index contributed by atoms with van der Waals surface area (Å²) in [6, 6.07) is 2.77. The lowest BCUT2D eigenvalue weighted by Crippen LogP contribution is -2.43. The number of amidine groups is 1. The van der Waals surface area contributed by atoms with Gasteiger partial charge in [-0.15, -0.1) is 0 Å². The molecule has 4 N–H and O–H groups in total. The van der Waals surface area contributed by atoms with E-state index in [9.17, 15) is 17.6 Å². The topological polar surface area (TPSA) is 133 Å². The number of aromatic nitrogens is 4. The predicted octanol–water partition coefficient (Wildman–Crippen LogP) is 5.22. The molecule has 1 aliphatic heterocycles. The third-order valence-corrected chi connectivity index (χ3v) is 6.18. The summed E-state index contributed by atoms with van der Waals surface area (Å²) >= 11 is 0. The number of fused-ring (bicyclic) bond motifs is 1. The highest BCUT2D eigenvalue weighted by Crippen LogP contribution is 2.41. The SMILES string of the molecule is CC(C=N)n1nc(C(F)(F)F)cc1-c1c[nH]c2nccc(Oc3c(F)cc(NC4=NCC(F)(CO)CO4)cc3F)c12. The normalized spacial score (nSPS) is 18.1. The van der Waals surface area contributed by atoms with Crippen LogP contribution in [0.1, 0.15) is 18.7 Å².